The van der Waals surface area contributed by atoms with Crippen LogP contribution in [0.25, 0.3) is 5.76 Å². The molecule has 0 radical (unpaired) electrons. The summed E-state index contributed by atoms with van der Waals surface area (Å²) in [4.78, 5) is 28.7. The highest BCUT2D eigenvalue weighted by Crippen LogP contribution is 2.43. The summed E-state index contributed by atoms with van der Waals surface area (Å²) < 4.78 is 11.3. The van der Waals surface area contributed by atoms with Gasteiger partial charge in [0.15, 0.2) is 18.1 Å². The largest absolute Gasteiger partial charge is 0.507 e. The number of rotatable bonds is 6. The van der Waals surface area contributed by atoms with Crippen LogP contribution in [0.3, 0.4) is 0 Å². The summed E-state index contributed by atoms with van der Waals surface area (Å²) in [5.41, 5.74) is 1.93. The van der Waals surface area contributed by atoms with E-state index in [0.717, 1.165) is 11.4 Å². The number of fused-ring (bicyclic) bond motifs is 3. The number of aliphatic hydroxyl groups is 1. The number of aliphatic hydroxyl groups excluding tert-OH is 1. The van der Waals surface area contributed by atoms with Crippen LogP contribution in [0.1, 0.15) is 11.1 Å². The number of amides is 1. The van der Waals surface area contributed by atoms with Gasteiger partial charge in [0, 0.05) is 50.2 Å². The third-order valence-corrected chi connectivity index (χ3v) is 4.96. The van der Waals surface area contributed by atoms with Crippen LogP contribution in [0.2, 0.25) is 0 Å². The Labute approximate surface area is 180 Å². The van der Waals surface area contributed by atoms with E-state index >= 15 is 0 Å². The number of pyridine rings is 1. The number of hydrogen-bond donors (Lipinski definition) is 1. The topological polar surface area (TPSA) is 99.8 Å². The van der Waals surface area contributed by atoms with Crippen LogP contribution in [0.15, 0.2) is 52.7 Å². The summed E-state index contributed by atoms with van der Waals surface area (Å²) in [5, 5.41) is 10.6. The van der Waals surface area contributed by atoms with Crippen molar-refractivity contribution in [2.45, 2.75) is 0 Å². The number of hydrogen-bond acceptors (Lipinski definition) is 8. The van der Waals surface area contributed by atoms with E-state index in [1.807, 2.05) is 11.0 Å². The number of benzene rings is 1. The first-order valence-corrected chi connectivity index (χ1v) is 9.75. The molecule has 31 heavy (non-hydrogen) atoms. The van der Waals surface area contributed by atoms with Crippen molar-refractivity contribution in [2.24, 2.45) is 9.98 Å². The van der Waals surface area contributed by atoms with Crippen LogP contribution in [-0.4, -0.2) is 78.4 Å². The van der Waals surface area contributed by atoms with E-state index in [0.29, 0.717) is 41.7 Å². The van der Waals surface area contributed by atoms with Gasteiger partial charge in [-0.2, -0.15) is 0 Å². The van der Waals surface area contributed by atoms with Gasteiger partial charge in [-0.25, -0.2) is 4.99 Å². The maximum absolute atomic E-state index is 11.9. The van der Waals surface area contributed by atoms with E-state index in [9.17, 15) is 9.90 Å². The number of carbonyl (C=O) groups excluding carboxylic acids is 1. The van der Waals surface area contributed by atoms with Crippen molar-refractivity contribution in [2.75, 3.05) is 40.9 Å². The number of ether oxygens (including phenoxy) is 2. The fourth-order valence-electron chi connectivity index (χ4n) is 3.33. The Hall–Kier alpha value is -3.88. The normalized spacial score (nSPS) is 14.9. The summed E-state index contributed by atoms with van der Waals surface area (Å²) >= 11 is 0. The first-order chi connectivity index (χ1) is 15.0. The van der Waals surface area contributed by atoms with Crippen LogP contribution < -0.4 is 9.47 Å². The molecule has 2 aromatic rings. The van der Waals surface area contributed by atoms with Crippen molar-refractivity contribution >= 4 is 29.0 Å². The minimum atomic E-state index is -0.167. The van der Waals surface area contributed by atoms with Crippen molar-refractivity contribution in [3.63, 3.8) is 0 Å². The monoisotopic (exact) mass is 421 g/mol. The summed E-state index contributed by atoms with van der Waals surface area (Å²) in [6, 6.07) is 7.13. The molecule has 1 aromatic carbocycles. The summed E-state index contributed by atoms with van der Waals surface area (Å²) in [6.45, 7) is 1.16. The van der Waals surface area contributed by atoms with Crippen LogP contribution in [-0.2, 0) is 4.79 Å². The van der Waals surface area contributed by atoms with Gasteiger partial charge < -0.3 is 24.4 Å². The van der Waals surface area contributed by atoms with Crippen molar-refractivity contribution in [1.82, 2.24) is 14.8 Å². The zero-order chi connectivity index (χ0) is 22.0. The Morgan fingerprint density at radius 2 is 2.16 bits per heavy atom. The molecular weight excluding hydrogens is 398 g/mol. The van der Waals surface area contributed by atoms with Gasteiger partial charge in [0.2, 0.25) is 0 Å². The lowest BCUT2D eigenvalue weighted by Crippen LogP contribution is -2.36. The number of methoxy groups -OCH3 is 1. The number of likely N-dealkylation sites (N-methyl/N-ethyl adjacent to an activating group) is 1. The maximum Gasteiger partial charge on any atom is 0.259 e. The fraction of sp³-hybridized carbons (Fsp3) is 0.273. The Kier molecular flexibility index (Phi) is 5.57. The average molecular weight is 421 g/mol. The summed E-state index contributed by atoms with van der Waals surface area (Å²) in [7, 11) is 4.86. The second-order valence-corrected chi connectivity index (χ2v) is 7.17. The number of nitrogens with zero attached hydrogens (tertiary/aromatic N) is 5. The smallest absolute Gasteiger partial charge is 0.259 e. The standard InChI is InChI=1S/C22H23N5O4/c1-26(2)19(29)13-31-17-7-6-15-20(21(17)30-3)25-18(27-10-9-24-22(15)27)11-16(28)14-5-4-8-23-12-14/h4-8,11-12,28H,9-10,13H2,1-3H3. The molecule has 0 atom stereocenters. The van der Waals surface area contributed by atoms with E-state index < -0.39 is 0 Å². The predicted octanol–water partition coefficient (Wildman–Crippen LogP) is 2.26. The lowest BCUT2D eigenvalue weighted by Gasteiger charge is -2.27. The quantitative estimate of drug-likeness (QED) is 0.719. The van der Waals surface area contributed by atoms with Crippen LogP contribution in [0, 0.1) is 0 Å². The van der Waals surface area contributed by atoms with Gasteiger partial charge in [-0.05, 0) is 24.3 Å². The molecule has 0 saturated carbocycles. The molecule has 2 aliphatic heterocycles. The molecule has 0 spiro atoms. The molecule has 0 saturated heterocycles. The molecule has 0 fully saturated rings. The second kappa shape index (κ2) is 8.47. The molecule has 0 bridgehead atoms. The van der Waals surface area contributed by atoms with Crippen molar-refractivity contribution in [3.05, 3.63) is 53.9 Å². The molecule has 9 heteroatoms. The highest BCUT2D eigenvalue weighted by molar-refractivity contribution is 6.20. The first-order valence-electron chi connectivity index (χ1n) is 9.75. The Morgan fingerprint density at radius 1 is 1.32 bits per heavy atom. The van der Waals surface area contributed by atoms with Crippen molar-refractivity contribution in [3.8, 4) is 11.5 Å². The fourth-order valence-corrected chi connectivity index (χ4v) is 3.33. The zero-order valence-corrected chi connectivity index (χ0v) is 17.6. The van der Waals surface area contributed by atoms with Gasteiger partial charge >= 0.3 is 0 Å². The third-order valence-electron chi connectivity index (χ3n) is 4.96. The van der Waals surface area contributed by atoms with Crippen LogP contribution in [0.5, 0.6) is 11.5 Å². The van der Waals surface area contributed by atoms with E-state index in [2.05, 4.69) is 9.98 Å². The molecule has 0 unspecified atom stereocenters. The average Bonchev–Trinajstić information content (AvgIpc) is 3.28. The molecule has 1 amide bonds. The molecule has 3 heterocycles. The van der Waals surface area contributed by atoms with E-state index in [1.54, 1.807) is 50.8 Å². The molecule has 1 aromatic heterocycles. The van der Waals surface area contributed by atoms with Gasteiger partial charge in [0.25, 0.3) is 5.91 Å². The highest BCUT2D eigenvalue weighted by atomic mass is 16.5. The Morgan fingerprint density at radius 3 is 2.87 bits per heavy atom. The predicted molar refractivity (Wildman–Crippen MR) is 117 cm³/mol. The number of amidine groups is 2. The van der Waals surface area contributed by atoms with Crippen molar-refractivity contribution in [1.29, 1.82) is 0 Å². The van der Waals surface area contributed by atoms with Gasteiger partial charge in [0.1, 0.15) is 23.1 Å². The molecule has 0 aliphatic carbocycles. The van der Waals surface area contributed by atoms with Gasteiger partial charge in [-0.15, -0.1) is 0 Å². The SMILES string of the molecule is COc1c(OCC(=O)N(C)C)ccc2c1N=C(C=C(O)c1cccnc1)N1CCN=C21. The Balaban J connectivity index is 1.75. The maximum atomic E-state index is 11.9. The van der Waals surface area contributed by atoms with Crippen LogP contribution in [0.4, 0.5) is 5.69 Å². The van der Waals surface area contributed by atoms with Crippen molar-refractivity contribution < 1.29 is 19.4 Å². The minimum Gasteiger partial charge on any atom is -0.507 e. The second-order valence-electron chi connectivity index (χ2n) is 7.17. The van der Waals surface area contributed by atoms with E-state index in [4.69, 9.17) is 14.5 Å². The van der Waals surface area contributed by atoms with Gasteiger partial charge in [0.05, 0.1) is 13.7 Å². The first kappa shape index (κ1) is 20.4. The zero-order valence-electron chi connectivity index (χ0n) is 17.6. The number of aliphatic imine (C=N–C) groups is 2. The number of aromatic nitrogens is 1. The highest BCUT2D eigenvalue weighted by Gasteiger charge is 2.32. The van der Waals surface area contributed by atoms with Gasteiger partial charge in [-0.3, -0.25) is 14.8 Å². The van der Waals surface area contributed by atoms with E-state index in [-0.39, 0.29) is 18.3 Å². The van der Waals surface area contributed by atoms with E-state index in [1.165, 1.54) is 12.0 Å². The lowest BCUT2D eigenvalue weighted by molar-refractivity contribution is -0.130. The Bertz CT molecular complexity index is 1090. The lowest BCUT2D eigenvalue weighted by atomic mass is 10.1. The number of carbonyl (C=O) groups is 1. The molecule has 160 valence electrons. The minimum absolute atomic E-state index is 0.0458. The summed E-state index contributed by atoms with van der Waals surface area (Å²) in [6.07, 6.45) is 4.81. The molecule has 9 nitrogen and oxygen atoms in total. The van der Waals surface area contributed by atoms with Gasteiger partial charge in [-0.1, -0.05) is 0 Å². The molecule has 4 rings (SSSR count). The molecule has 1 N–H and O–H groups in total. The molecular formula is C22H23N5O4. The molecule has 2 aliphatic rings. The third kappa shape index (κ3) is 3.94. The van der Waals surface area contributed by atoms with Crippen LogP contribution >= 0.6 is 0 Å². The summed E-state index contributed by atoms with van der Waals surface area (Å²) in [5.74, 6) is 1.98.